The van der Waals surface area contributed by atoms with E-state index in [1.807, 2.05) is 12.1 Å². The Kier molecular flexibility index (Phi) is 5.53. The number of rotatable bonds is 6. The SMILES string of the molecule is COc1cccc(NS(=O)(=O)c2ccc3c(c2)[C@H]2C=CC[C@H]2[C@@H](c2ccc(C(=O)O)cc2)N3)c1. The molecule has 0 spiro atoms. The van der Waals surface area contributed by atoms with Crippen molar-refractivity contribution in [1.82, 2.24) is 0 Å². The molecule has 5 rings (SSSR count). The molecule has 2 aliphatic rings. The van der Waals surface area contributed by atoms with E-state index in [2.05, 4.69) is 22.2 Å². The van der Waals surface area contributed by atoms with Gasteiger partial charge in [-0.05, 0) is 65.9 Å². The first kappa shape index (κ1) is 22.0. The Morgan fingerprint density at radius 1 is 1.09 bits per heavy atom. The lowest BCUT2D eigenvalue weighted by molar-refractivity contribution is 0.0697. The smallest absolute Gasteiger partial charge is 0.335 e. The molecular formula is C26H24N2O5S. The van der Waals surface area contributed by atoms with Crippen LogP contribution in [-0.2, 0) is 10.0 Å². The molecule has 1 aliphatic carbocycles. The lowest BCUT2D eigenvalue weighted by atomic mass is 9.77. The van der Waals surface area contributed by atoms with Crippen LogP contribution in [0.3, 0.4) is 0 Å². The fraction of sp³-hybridized carbons (Fsp3) is 0.192. The second kappa shape index (κ2) is 8.53. The predicted octanol–water partition coefficient (Wildman–Crippen LogP) is 5.02. The van der Waals surface area contributed by atoms with E-state index in [9.17, 15) is 18.3 Å². The van der Waals surface area contributed by atoms with Crippen LogP contribution in [0.1, 0.15) is 39.9 Å². The molecule has 1 aliphatic heterocycles. The Morgan fingerprint density at radius 2 is 1.88 bits per heavy atom. The van der Waals surface area contributed by atoms with Gasteiger partial charge in [0.2, 0.25) is 0 Å². The normalized spacial score (nSPS) is 20.7. The third kappa shape index (κ3) is 4.01. The summed E-state index contributed by atoms with van der Waals surface area (Å²) >= 11 is 0. The highest BCUT2D eigenvalue weighted by atomic mass is 32.2. The molecule has 0 radical (unpaired) electrons. The fourth-order valence-corrected chi connectivity index (χ4v) is 5.89. The van der Waals surface area contributed by atoms with Gasteiger partial charge in [-0.2, -0.15) is 0 Å². The number of fused-ring (bicyclic) bond motifs is 3. The van der Waals surface area contributed by atoms with Crippen LogP contribution < -0.4 is 14.8 Å². The first-order valence-electron chi connectivity index (χ1n) is 10.9. The molecule has 8 heteroatoms. The second-order valence-electron chi connectivity index (χ2n) is 8.49. The summed E-state index contributed by atoms with van der Waals surface area (Å²) in [5.74, 6) is -0.124. The minimum atomic E-state index is -3.79. The van der Waals surface area contributed by atoms with Gasteiger partial charge in [0.25, 0.3) is 10.0 Å². The number of anilines is 2. The highest BCUT2D eigenvalue weighted by molar-refractivity contribution is 7.92. The molecule has 0 unspecified atom stereocenters. The molecule has 3 aromatic carbocycles. The molecule has 0 fully saturated rings. The van der Waals surface area contributed by atoms with Gasteiger partial charge in [0.1, 0.15) is 5.75 Å². The van der Waals surface area contributed by atoms with Crippen molar-refractivity contribution in [2.24, 2.45) is 5.92 Å². The van der Waals surface area contributed by atoms with Crippen molar-refractivity contribution >= 4 is 27.4 Å². The number of sulfonamides is 1. The van der Waals surface area contributed by atoms with Crippen LogP contribution in [0.5, 0.6) is 5.75 Å². The van der Waals surface area contributed by atoms with Crippen molar-refractivity contribution in [2.45, 2.75) is 23.3 Å². The van der Waals surface area contributed by atoms with Crippen LogP contribution in [0.25, 0.3) is 0 Å². The van der Waals surface area contributed by atoms with Crippen LogP contribution in [-0.4, -0.2) is 26.6 Å². The molecule has 174 valence electrons. The highest BCUT2D eigenvalue weighted by Gasteiger charge is 2.38. The maximum Gasteiger partial charge on any atom is 0.335 e. The molecule has 3 N–H and O–H groups in total. The lowest BCUT2D eigenvalue weighted by Gasteiger charge is -2.37. The van der Waals surface area contributed by atoms with Gasteiger partial charge in [-0.25, -0.2) is 13.2 Å². The van der Waals surface area contributed by atoms with Crippen molar-refractivity contribution in [3.05, 3.63) is 95.6 Å². The summed E-state index contributed by atoms with van der Waals surface area (Å²) < 4.78 is 34.0. The van der Waals surface area contributed by atoms with Gasteiger partial charge in [-0.3, -0.25) is 4.72 Å². The molecule has 0 bridgehead atoms. The topological polar surface area (TPSA) is 105 Å². The zero-order chi connectivity index (χ0) is 23.9. The number of aromatic carboxylic acids is 1. The third-order valence-corrected chi connectivity index (χ3v) is 7.86. The molecule has 3 atom stereocenters. The van der Waals surface area contributed by atoms with Crippen molar-refractivity contribution in [3.63, 3.8) is 0 Å². The van der Waals surface area contributed by atoms with Crippen LogP contribution in [0, 0.1) is 5.92 Å². The predicted molar refractivity (Wildman–Crippen MR) is 130 cm³/mol. The Hall–Kier alpha value is -3.78. The summed E-state index contributed by atoms with van der Waals surface area (Å²) in [6, 6.07) is 18.8. The van der Waals surface area contributed by atoms with Crippen LogP contribution in [0.4, 0.5) is 11.4 Å². The number of ether oxygens (including phenoxy) is 1. The Bertz CT molecular complexity index is 1380. The van der Waals surface area contributed by atoms with Gasteiger partial charge in [0, 0.05) is 17.7 Å². The molecule has 0 saturated carbocycles. The number of hydrogen-bond acceptors (Lipinski definition) is 5. The number of allylic oxidation sites excluding steroid dienone is 2. The second-order valence-corrected chi connectivity index (χ2v) is 10.2. The van der Waals surface area contributed by atoms with Gasteiger partial charge in [0.05, 0.1) is 29.3 Å². The first-order chi connectivity index (χ1) is 16.4. The molecule has 34 heavy (non-hydrogen) atoms. The van der Waals surface area contributed by atoms with E-state index < -0.39 is 16.0 Å². The van der Waals surface area contributed by atoms with E-state index in [-0.39, 0.29) is 28.3 Å². The number of carboxylic acids is 1. The monoisotopic (exact) mass is 476 g/mol. The standard InChI is InChI=1S/C26H24N2O5S/c1-33-19-5-2-4-18(14-19)28-34(31,32)20-12-13-24-23(15-20)21-6-3-7-22(21)25(27-24)16-8-10-17(11-9-16)26(29)30/h2-6,8-15,21-22,25,27-28H,7H2,1H3,(H,29,30)/t21-,22+,25+/m0/s1. The summed E-state index contributed by atoms with van der Waals surface area (Å²) in [5.41, 5.74) is 3.50. The maximum absolute atomic E-state index is 13.1. The molecule has 0 aromatic heterocycles. The Morgan fingerprint density at radius 3 is 2.62 bits per heavy atom. The number of carbonyl (C=O) groups is 1. The molecule has 1 heterocycles. The van der Waals surface area contributed by atoms with Gasteiger partial charge in [-0.1, -0.05) is 30.4 Å². The van der Waals surface area contributed by atoms with Crippen molar-refractivity contribution in [1.29, 1.82) is 0 Å². The minimum absolute atomic E-state index is 0.00675. The molecule has 0 amide bonds. The summed E-state index contributed by atoms with van der Waals surface area (Å²) in [7, 11) is -2.26. The van der Waals surface area contributed by atoms with Gasteiger partial charge < -0.3 is 15.2 Å². The largest absolute Gasteiger partial charge is 0.497 e. The van der Waals surface area contributed by atoms with E-state index in [1.54, 1.807) is 54.6 Å². The van der Waals surface area contributed by atoms with Crippen molar-refractivity contribution in [2.75, 3.05) is 17.1 Å². The minimum Gasteiger partial charge on any atom is -0.497 e. The number of hydrogen-bond donors (Lipinski definition) is 3. The van der Waals surface area contributed by atoms with Gasteiger partial charge in [0.15, 0.2) is 0 Å². The lowest BCUT2D eigenvalue weighted by Crippen LogP contribution is -2.29. The summed E-state index contributed by atoms with van der Waals surface area (Å²) in [6.07, 6.45) is 5.11. The van der Waals surface area contributed by atoms with Crippen LogP contribution in [0.15, 0.2) is 83.8 Å². The van der Waals surface area contributed by atoms with Crippen molar-refractivity contribution in [3.8, 4) is 5.75 Å². The molecule has 7 nitrogen and oxygen atoms in total. The number of benzene rings is 3. The summed E-state index contributed by atoms with van der Waals surface area (Å²) in [5, 5.41) is 12.7. The van der Waals surface area contributed by atoms with E-state index in [0.717, 1.165) is 23.2 Å². The summed E-state index contributed by atoms with van der Waals surface area (Å²) in [6.45, 7) is 0. The van der Waals surface area contributed by atoms with E-state index in [0.29, 0.717) is 11.4 Å². The Balaban J connectivity index is 1.45. The number of carboxylic acid groups (broad SMARTS) is 1. The number of nitrogens with one attached hydrogen (secondary N) is 2. The van der Waals surface area contributed by atoms with Crippen LogP contribution >= 0.6 is 0 Å². The van der Waals surface area contributed by atoms with Crippen LogP contribution in [0.2, 0.25) is 0 Å². The van der Waals surface area contributed by atoms with Gasteiger partial charge >= 0.3 is 5.97 Å². The quantitative estimate of drug-likeness (QED) is 0.432. The maximum atomic E-state index is 13.1. The van der Waals surface area contributed by atoms with Crippen molar-refractivity contribution < 1.29 is 23.1 Å². The van der Waals surface area contributed by atoms with E-state index in [4.69, 9.17) is 4.74 Å². The zero-order valence-electron chi connectivity index (χ0n) is 18.4. The van der Waals surface area contributed by atoms with Gasteiger partial charge in [-0.15, -0.1) is 0 Å². The van der Waals surface area contributed by atoms with E-state index >= 15 is 0 Å². The van der Waals surface area contributed by atoms with E-state index in [1.165, 1.54) is 7.11 Å². The molecular weight excluding hydrogens is 452 g/mol. The molecule has 0 saturated heterocycles. The number of methoxy groups -OCH3 is 1. The Labute approximate surface area is 198 Å². The zero-order valence-corrected chi connectivity index (χ0v) is 19.2. The first-order valence-corrected chi connectivity index (χ1v) is 12.4. The highest BCUT2D eigenvalue weighted by Crippen LogP contribution is 2.50. The third-order valence-electron chi connectivity index (χ3n) is 6.48. The average molecular weight is 477 g/mol. The summed E-state index contributed by atoms with van der Waals surface area (Å²) in [4.78, 5) is 11.4. The molecule has 3 aromatic rings. The fourth-order valence-electron chi connectivity index (χ4n) is 4.80. The average Bonchev–Trinajstić information content (AvgIpc) is 3.33.